The Morgan fingerprint density at radius 2 is 1.71 bits per heavy atom. The number of hydrogen-bond donors (Lipinski definition) is 1. The highest BCUT2D eigenvalue weighted by molar-refractivity contribution is 5.94. The molecule has 1 aromatic carbocycles. The van der Waals surface area contributed by atoms with Gasteiger partial charge in [-0.3, -0.25) is 4.79 Å². The molecule has 2 heteroatoms. The lowest BCUT2D eigenvalue weighted by Crippen LogP contribution is -2.05. The summed E-state index contributed by atoms with van der Waals surface area (Å²) in [7, 11) is 0. The quantitative estimate of drug-likeness (QED) is 0.747. The molecule has 0 aliphatic heterocycles. The van der Waals surface area contributed by atoms with Crippen LogP contribution in [-0.4, -0.2) is 10.9 Å². The predicted octanol–water partition coefficient (Wildman–Crippen LogP) is 2.58. The molecule has 1 N–H and O–H groups in total. The van der Waals surface area contributed by atoms with Gasteiger partial charge < -0.3 is 5.11 Å². The highest BCUT2D eigenvalue weighted by Gasteiger charge is 2.11. The van der Waals surface area contributed by atoms with E-state index >= 15 is 0 Å². The molecule has 76 valence electrons. The van der Waals surface area contributed by atoms with E-state index < -0.39 is 6.10 Å². The van der Waals surface area contributed by atoms with Gasteiger partial charge in [0.25, 0.3) is 0 Å². The minimum absolute atomic E-state index is 0.0515. The number of hydrogen-bond acceptors (Lipinski definition) is 2. The van der Waals surface area contributed by atoms with Crippen LogP contribution in [0, 0.1) is 5.92 Å². The lowest BCUT2D eigenvalue weighted by atomic mass is 9.98. The largest absolute Gasteiger partial charge is 0.388 e. The van der Waals surface area contributed by atoms with Crippen LogP contribution in [0.4, 0.5) is 0 Å². The molecule has 0 aromatic heterocycles. The van der Waals surface area contributed by atoms with E-state index in [1.165, 1.54) is 6.92 Å². The second-order valence-corrected chi connectivity index (χ2v) is 3.87. The molecule has 2 nitrogen and oxygen atoms in total. The summed E-state index contributed by atoms with van der Waals surface area (Å²) in [6, 6.07) is 7.12. The van der Waals surface area contributed by atoms with Gasteiger partial charge in [-0.2, -0.15) is 0 Å². The van der Waals surface area contributed by atoms with Crippen molar-refractivity contribution in [2.24, 2.45) is 5.92 Å². The summed E-state index contributed by atoms with van der Waals surface area (Å²) in [5.74, 6) is 0.244. The van der Waals surface area contributed by atoms with Gasteiger partial charge in [0.2, 0.25) is 0 Å². The zero-order valence-electron chi connectivity index (χ0n) is 8.82. The molecule has 0 bridgehead atoms. The maximum absolute atomic E-state index is 11.0. The molecule has 0 amide bonds. The van der Waals surface area contributed by atoms with E-state index in [0.29, 0.717) is 5.56 Å². The summed E-state index contributed by atoms with van der Waals surface area (Å²) in [5.41, 5.74) is 1.55. The summed E-state index contributed by atoms with van der Waals surface area (Å²) >= 11 is 0. The maximum Gasteiger partial charge on any atom is 0.159 e. The third kappa shape index (κ3) is 2.42. The Labute approximate surface area is 84.6 Å². The average molecular weight is 192 g/mol. The number of rotatable bonds is 3. The lowest BCUT2D eigenvalue weighted by Gasteiger charge is -2.14. The summed E-state index contributed by atoms with van der Waals surface area (Å²) in [5, 5.41) is 9.74. The smallest absolute Gasteiger partial charge is 0.159 e. The van der Waals surface area contributed by atoms with Crippen molar-refractivity contribution in [2.75, 3.05) is 0 Å². The van der Waals surface area contributed by atoms with Crippen molar-refractivity contribution in [3.05, 3.63) is 35.4 Å². The van der Waals surface area contributed by atoms with Crippen LogP contribution in [0.1, 0.15) is 42.8 Å². The Kier molecular flexibility index (Phi) is 3.42. The monoisotopic (exact) mass is 192 g/mol. The van der Waals surface area contributed by atoms with Crippen LogP contribution in [0.5, 0.6) is 0 Å². The van der Waals surface area contributed by atoms with Crippen LogP contribution >= 0.6 is 0 Å². The average Bonchev–Trinajstić information content (AvgIpc) is 2.16. The van der Waals surface area contributed by atoms with Gasteiger partial charge in [-0.05, 0) is 18.4 Å². The van der Waals surface area contributed by atoms with Crippen LogP contribution in [0.2, 0.25) is 0 Å². The zero-order valence-corrected chi connectivity index (χ0v) is 8.82. The van der Waals surface area contributed by atoms with Gasteiger partial charge >= 0.3 is 0 Å². The molecule has 0 aliphatic carbocycles. The summed E-state index contributed by atoms with van der Waals surface area (Å²) in [6.45, 7) is 5.46. The van der Waals surface area contributed by atoms with Crippen molar-refractivity contribution in [2.45, 2.75) is 26.9 Å². The summed E-state index contributed by atoms with van der Waals surface area (Å²) < 4.78 is 0. The molecule has 0 spiro atoms. The van der Waals surface area contributed by atoms with E-state index in [1.807, 2.05) is 13.8 Å². The van der Waals surface area contributed by atoms with E-state index in [0.717, 1.165) is 5.56 Å². The van der Waals surface area contributed by atoms with Gasteiger partial charge in [0.05, 0.1) is 6.10 Å². The third-order valence-electron chi connectivity index (χ3n) is 2.29. The van der Waals surface area contributed by atoms with E-state index in [2.05, 4.69) is 0 Å². The number of aliphatic hydroxyl groups excluding tert-OH is 1. The summed E-state index contributed by atoms with van der Waals surface area (Å²) in [4.78, 5) is 11.0. The topological polar surface area (TPSA) is 37.3 Å². The fourth-order valence-electron chi connectivity index (χ4n) is 1.30. The highest BCUT2D eigenvalue weighted by atomic mass is 16.3. The molecular weight excluding hydrogens is 176 g/mol. The predicted molar refractivity (Wildman–Crippen MR) is 56.2 cm³/mol. The Morgan fingerprint density at radius 1 is 1.21 bits per heavy atom. The minimum Gasteiger partial charge on any atom is -0.388 e. The summed E-state index contributed by atoms with van der Waals surface area (Å²) in [6.07, 6.45) is -0.448. The maximum atomic E-state index is 11.0. The first-order chi connectivity index (χ1) is 6.52. The Balaban J connectivity index is 2.88. The molecule has 1 aromatic rings. The Bertz CT molecular complexity index is 312. The van der Waals surface area contributed by atoms with Gasteiger partial charge in [0.15, 0.2) is 5.78 Å². The van der Waals surface area contributed by atoms with Gasteiger partial charge in [0, 0.05) is 5.56 Å². The molecule has 14 heavy (non-hydrogen) atoms. The van der Waals surface area contributed by atoms with Gasteiger partial charge in [0.1, 0.15) is 0 Å². The van der Waals surface area contributed by atoms with Crippen LogP contribution in [-0.2, 0) is 0 Å². The molecule has 0 heterocycles. The minimum atomic E-state index is -0.448. The van der Waals surface area contributed by atoms with Gasteiger partial charge in [-0.25, -0.2) is 0 Å². The fourth-order valence-corrected chi connectivity index (χ4v) is 1.30. The number of carbonyl (C=O) groups excluding carboxylic acids is 1. The molecule has 0 aliphatic rings. The first kappa shape index (κ1) is 10.9. The van der Waals surface area contributed by atoms with E-state index in [9.17, 15) is 9.90 Å². The van der Waals surface area contributed by atoms with Crippen LogP contribution in [0.15, 0.2) is 24.3 Å². The number of ketones is 1. The van der Waals surface area contributed by atoms with Crippen molar-refractivity contribution in [1.29, 1.82) is 0 Å². The first-order valence-electron chi connectivity index (χ1n) is 4.81. The van der Waals surface area contributed by atoms with E-state index in [4.69, 9.17) is 0 Å². The first-order valence-corrected chi connectivity index (χ1v) is 4.81. The second-order valence-electron chi connectivity index (χ2n) is 3.87. The van der Waals surface area contributed by atoms with Crippen molar-refractivity contribution < 1.29 is 9.90 Å². The lowest BCUT2D eigenvalue weighted by molar-refractivity contribution is 0.101. The number of Topliss-reactive ketones (excluding diaryl/α,β-unsaturated/α-hetero) is 1. The molecular formula is C12H16O2. The highest BCUT2D eigenvalue weighted by Crippen LogP contribution is 2.21. The molecule has 0 fully saturated rings. The standard InChI is InChI=1S/C12H16O2/c1-8(2)12(14)11-6-4-10(5-7-11)9(3)13/h4-8,12,14H,1-3H3. The number of carbonyl (C=O) groups is 1. The van der Waals surface area contributed by atoms with E-state index in [-0.39, 0.29) is 11.7 Å². The second kappa shape index (κ2) is 4.38. The van der Waals surface area contributed by atoms with Crippen molar-refractivity contribution >= 4 is 5.78 Å². The van der Waals surface area contributed by atoms with Crippen molar-refractivity contribution in [1.82, 2.24) is 0 Å². The third-order valence-corrected chi connectivity index (χ3v) is 2.29. The molecule has 0 saturated carbocycles. The van der Waals surface area contributed by atoms with Crippen LogP contribution in [0.3, 0.4) is 0 Å². The number of aliphatic hydroxyl groups is 1. The SMILES string of the molecule is CC(=O)c1ccc(C(O)C(C)C)cc1. The van der Waals surface area contributed by atoms with Crippen molar-refractivity contribution in [3.8, 4) is 0 Å². The van der Waals surface area contributed by atoms with Crippen LogP contribution in [0.25, 0.3) is 0 Å². The fraction of sp³-hybridized carbons (Fsp3) is 0.417. The Hall–Kier alpha value is -1.15. The Morgan fingerprint density at radius 3 is 2.07 bits per heavy atom. The number of benzene rings is 1. The van der Waals surface area contributed by atoms with Gasteiger partial charge in [-0.15, -0.1) is 0 Å². The molecule has 1 rings (SSSR count). The molecule has 0 radical (unpaired) electrons. The zero-order chi connectivity index (χ0) is 10.7. The molecule has 0 saturated heterocycles. The van der Waals surface area contributed by atoms with Crippen molar-refractivity contribution in [3.63, 3.8) is 0 Å². The van der Waals surface area contributed by atoms with Gasteiger partial charge in [-0.1, -0.05) is 38.1 Å². The molecule has 1 atom stereocenters. The normalized spacial score (nSPS) is 12.9. The van der Waals surface area contributed by atoms with E-state index in [1.54, 1.807) is 24.3 Å². The molecule has 1 unspecified atom stereocenters. The van der Waals surface area contributed by atoms with Crippen LogP contribution < -0.4 is 0 Å².